The number of hydrogen-bond acceptors (Lipinski definition) is 6. The van der Waals surface area contributed by atoms with Gasteiger partial charge in [-0.2, -0.15) is 9.78 Å². The Kier molecular flexibility index (Phi) is 6.80. The third kappa shape index (κ3) is 4.80. The summed E-state index contributed by atoms with van der Waals surface area (Å²) in [6.07, 6.45) is 1.66. The number of halogens is 3. The van der Waals surface area contributed by atoms with Crippen molar-refractivity contribution in [1.29, 1.82) is 0 Å². The lowest BCUT2D eigenvalue weighted by atomic mass is 10.2. The van der Waals surface area contributed by atoms with Gasteiger partial charge in [0.15, 0.2) is 11.5 Å². The van der Waals surface area contributed by atoms with Gasteiger partial charge >= 0.3 is 0 Å². The molecule has 34 heavy (non-hydrogen) atoms. The van der Waals surface area contributed by atoms with Crippen molar-refractivity contribution >= 4 is 78.2 Å². The molecule has 1 aromatic heterocycles. The molecule has 1 aliphatic heterocycles. The van der Waals surface area contributed by atoms with E-state index in [0.29, 0.717) is 23.3 Å². The maximum atomic E-state index is 12.9. The molecule has 0 radical (unpaired) electrons. The molecule has 0 unspecified atom stereocenters. The summed E-state index contributed by atoms with van der Waals surface area (Å²) in [5, 5.41) is 4.93. The third-order valence-electron chi connectivity index (χ3n) is 5.13. The van der Waals surface area contributed by atoms with Crippen LogP contribution in [-0.4, -0.2) is 22.7 Å². The number of rotatable bonds is 5. The monoisotopic (exact) mass is 743 g/mol. The standard InChI is InChI=1S/C24H16BrI2N3O4/c1-13-29-20-4-3-16(25)9-17(20)24(31)30(13)28-10-15-6-18(26)23(19(27)7-15)32-11-14-2-5-21-22(8-14)34-12-33-21/h2-10H,11-12H2,1H3. The van der Waals surface area contributed by atoms with Gasteiger partial charge in [-0.1, -0.05) is 22.0 Å². The molecule has 0 fully saturated rings. The van der Waals surface area contributed by atoms with Crippen molar-refractivity contribution in [2.45, 2.75) is 13.5 Å². The first kappa shape index (κ1) is 23.5. The lowest BCUT2D eigenvalue weighted by Gasteiger charge is -2.12. The zero-order valence-corrected chi connectivity index (χ0v) is 23.6. The van der Waals surface area contributed by atoms with Crippen LogP contribution in [0.5, 0.6) is 17.2 Å². The van der Waals surface area contributed by atoms with E-state index in [9.17, 15) is 4.79 Å². The summed E-state index contributed by atoms with van der Waals surface area (Å²) >= 11 is 7.90. The fourth-order valence-electron chi connectivity index (χ4n) is 3.50. The number of fused-ring (bicyclic) bond motifs is 2. The molecule has 0 aliphatic carbocycles. The molecular weight excluding hydrogens is 728 g/mol. The lowest BCUT2D eigenvalue weighted by molar-refractivity contribution is 0.174. The minimum atomic E-state index is -0.215. The molecule has 0 N–H and O–H groups in total. The number of nitrogens with zero attached hydrogens (tertiary/aromatic N) is 3. The Morgan fingerprint density at radius 1 is 1.12 bits per heavy atom. The van der Waals surface area contributed by atoms with E-state index in [-0.39, 0.29) is 12.4 Å². The van der Waals surface area contributed by atoms with Crippen molar-refractivity contribution in [3.8, 4) is 17.2 Å². The molecule has 3 aromatic carbocycles. The third-order valence-corrected chi connectivity index (χ3v) is 7.23. The number of benzene rings is 3. The maximum Gasteiger partial charge on any atom is 0.282 e. The predicted octanol–water partition coefficient (Wildman–Crippen LogP) is 5.87. The van der Waals surface area contributed by atoms with Gasteiger partial charge in [-0.15, -0.1) is 0 Å². The van der Waals surface area contributed by atoms with Gasteiger partial charge in [0.25, 0.3) is 5.56 Å². The maximum absolute atomic E-state index is 12.9. The second kappa shape index (κ2) is 9.82. The van der Waals surface area contributed by atoms with E-state index in [2.05, 4.69) is 71.2 Å². The Bertz CT molecular complexity index is 1500. The van der Waals surface area contributed by atoms with E-state index in [0.717, 1.165) is 40.0 Å². The summed E-state index contributed by atoms with van der Waals surface area (Å²) < 4.78 is 20.9. The van der Waals surface area contributed by atoms with E-state index in [4.69, 9.17) is 14.2 Å². The van der Waals surface area contributed by atoms with Crippen LogP contribution < -0.4 is 19.8 Å². The largest absolute Gasteiger partial charge is 0.487 e. The SMILES string of the molecule is Cc1nc2ccc(Br)cc2c(=O)n1N=Cc1cc(I)c(OCc2ccc3c(c2)OCO3)c(I)c1. The second-order valence-electron chi connectivity index (χ2n) is 7.47. The summed E-state index contributed by atoms with van der Waals surface area (Å²) in [4.78, 5) is 17.5. The average molecular weight is 744 g/mol. The van der Waals surface area contributed by atoms with Gasteiger partial charge in [0.2, 0.25) is 6.79 Å². The highest BCUT2D eigenvalue weighted by atomic mass is 127. The van der Waals surface area contributed by atoms with Crippen molar-refractivity contribution in [3.63, 3.8) is 0 Å². The Morgan fingerprint density at radius 3 is 2.68 bits per heavy atom. The van der Waals surface area contributed by atoms with Crippen molar-refractivity contribution in [1.82, 2.24) is 9.66 Å². The van der Waals surface area contributed by atoms with Crippen molar-refractivity contribution in [3.05, 3.63) is 87.4 Å². The zero-order chi connectivity index (χ0) is 23.8. The van der Waals surface area contributed by atoms with Gasteiger partial charge in [-0.05, 0) is 106 Å². The van der Waals surface area contributed by atoms with Crippen LogP contribution >= 0.6 is 61.1 Å². The molecule has 0 saturated heterocycles. The first-order chi connectivity index (χ1) is 16.4. The molecule has 10 heteroatoms. The van der Waals surface area contributed by atoms with E-state index < -0.39 is 0 Å². The topological polar surface area (TPSA) is 74.9 Å². The van der Waals surface area contributed by atoms with Crippen molar-refractivity contribution < 1.29 is 14.2 Å². The fourth-order valence-corrected chi connectivity index (χ4v) is 5.99. The number of aryl methyl sites for hydroxylation is 1. The first-order valence-corrected chi connectivity index (χ1v) is 13.1. The van der Waals surface area contributed by atoms with Crippen LogP contribution in [0.15, 0.2) is 62.9 Å². The molecule has 1 aliphatic rings. The molecule has 5 rings (SSSR count). The molecule has 0 spiro atoms. The van der Waals surface area contributed by atoms with E-state index in [1.165, 1.54) is 4.68 Å². The molecule has 172 valence electrons. The van der Waals surface area contributed by atoms with Crippen molar-refractivity contribution in [2.24, 2.45) is 5.10 Å². The number of hydrogen-bond donors (Lipinski definition) is 0. The minimum Gasteiger partial charge on any atom is -0.487 e. The Hall–Kier alpha value is -2.19. The zero-order valence-electron chi connectivity index (χ0n) is 17.7. The molecule has 0 atom stereocenters. The lowest BCUT2D eigenvalue weighted by Crippen LogP contribution is -2.20. The molecule has 0 saturated carbocycles. The van der Waals surface area contributed by atoms with Gasteiger partial charge in [-0.25, -0.2) is 4.98 Å². The molecule has 0 amide bonds. The van der Waals surface area contributed by atoms with Crippen molar-refractivity contribution in [2.75, 3.05) is 6.79 Å². The molecule has 7 nitrogen and oxygen atoms in total. The summed E-state index contributed by atoms with van der Waals surface area (Å²) in [7, 11) is 0. The van der Waals surface area contributed by atoms with E-state index in [1.54, 1.807) is 19.2 Å². The molecule has 2 heterocycles. The smallest absolute Gasteiger partial charge is 0.282 e. The Labute approximate surface area is 230 Å². The van der Waals surface area contributed by atoms with Gasteiger partial charge in [0.05, 0.1) is 24.3 Å². The van der Waals surface area contributed by atoms with Crippen LogP contribution in [0, 0.1) is 14.1 Å². The predicted molar refractivity (Wildman–Crippen MR) is 150 cm³/mol. The summed E-state index contributed by atoms with van der Waals surface area (Å²) in [6, 6.07) is 15.1. The van der Waals surface area contributed by atoms with Gasteiger partial charge in [0.1, 0.15) is 18.2 Å². The highest BCUT2D eigenvalue weighted by Gasteiger charge is 2.15. The second-order valence-corrected chi connectivity index (χ2v) is 10.7. The number of ether oxygens (including phenoxy) is 3. The van der Waals surface area contributed by atoms with Crippen LogP contribution in [0.1, 0.15) is 17.0 Å². The van der Waals surface area contributed by atoms with E-state index in [1.807, 2.05) is 42.5 Å². The normalized spacial score (nSPS) is 12.6. The van der Waals surface area contributed by atoms with E-state index >= 15 is 0 Å². The van der Waals surface area contributed by atoms with Gasteiger partial charge in [0, 0.05) is 4.47 Å². The Morgan fingerprint density at radius 2 is 1.88 bits per heavy atom. The minimum absolute atomic E-state index is 0.215. The van der Waals surface area contributed by atoms with Crippen LogP contribution in [0.25, 0.3) is 10.9 Å². The highest BCUT2D eigenvalue weighted by Crippen LogP contribution is 2.34. The van der Waals surface area contributed by atoms with Crippen LogP contribution in [0.3, 0.4) is 0 Å². The van der Waals surface area contributed by atoms with Gasteiger partial charge in [-0.3, -0.25) is 4.79 Å². The van der Waals surface area contributed by atoms with Crippen LogP contribution in [0.2, 0.25) is 0 Å². The average Bonchev–Trinajstić information content (AvgIpc) is 3.27. The summed E-state index contributed by atoms with van der Waals surface area (Å²) in [5.41, 5.74) is 2.27. The van der Waals surface area contributed by atoms with Crippen LogP contribution in [-0.2, 0) is 6.61 Å². The van der Waals surface area contributed by atoms with Crippen LogP contribution in [0.4, 0.5) is 0 Å². The fraction of sp³-hybridized carbons (Fsp3) is 0.125. The Balaban J connectivity index is 1.38. The molecule has 0 bridgehead atoms. The number of aromatic nitrogens is 2. The molecular formula is C24H16BrI2N3O4. The highest BCUT2D eigenvalue weighted by molar-refractivity contribution is 14.1. The summed E-state index contributed by atoms with van der Waals surface area (Å²) in [6.45, 7) is 2.42. The summed E-state index contributed by atoms with van der Waals surface area (Å²) in [5.74, 6) is 2.80. The van der Waals surface area contributed by atoms with Gasteiger partial charge < -0.3 is 14.2 Å². The molecule has 4 aromatic rings. The quantitative estimate of drug-likeness (QED) is 0.189. The first-order valence-electron chi connectivity index (χ1n) is 10.1.